The third-order valence-corrected chi connectivity index (χ3v) is 5.50. The Bertz CT molecular complexity index is 797. The van der Waals surface area contributed by atoms with Crippen molar-refractivity contribution in [1.82, 2.24) is 14.8 Å². The standard InChI is InChI=1S/C19H24FN3O/c1-13-4-2-3-7-23(13)16-11-22(12-16)10-15-9-19(24)17-8-14(20)5-6-18(17)21-15/h5-6,8-9,13,16H,2-4,7,10-12H2,1H3,(H,21,24). The summed E-state index contributed by atoms with van der Waals surface area (Å²) in [6.45, 7) is 6.43. The largest absolute Gasteiger partial charge is 0.357 e. The molecule has 0 saturated carbocycles. The summed E-state index contributed by atoms with van der Waals surface area (Å²) in [4.78, 5) is 20.5. The van der Waals surface area contributed by atoms with Crippen molar-refractivity contribution in [3.8, 4) is 0 Å². The van der Waals surface area contributed by atoms with Crippen LogP contribution < -0.4 is 5.43 Å². The number of hydrogen-bond donors (Lipinski definition) is 1. The summed E-state index contributed by atoms with van der Waals surface area (Å²) in [5.74, 6) is -0.373. The number of hydrogen-bond acceptors (Lipinski definition) is 3. The molecule has 2 saturated heterocycles. The van der Waals surface area contributed by atoms with Crippen molar-refractivity contribution >= 4 is 10.9 Å². The molecule has 1 unspecified atom stereocenters. The van der Waals surface area contributed by atoms with Crippen LogP contribution in [0.25, 0.3) is 10.9 Å². The number of likely N-dealkylation sites (tertiary alicyclic amines) is 2. The number of H-pyrrole nitrogens is 1. The van der Waals surface area contributed by atoms with Gasteiger partial charge in [-0.25, -0.2) is 4.39 Å². The molecule has 24 heavy (non-hydrogen) atoms. The smallest absolute Gasteiger partial charge is 0.189 e. The van der Waals surface area contributed by atoms with Crippen LogP contribution in [0.3, 0.4) is 0 Å². The molecule has 2 aliphatic rings. The summed E-state index contributed by atoms with van der Waals surface area (Å²) in [7, 11) is 0. The maximum absolute atomic E-state index is 13.3. The highest BCUT2D eigenvalue weighted by Gasteiger charge is 2.34. The number of halogens is 1. The van der Waals surface area contributed by atoms with Crippen LogP contribution in [0, 0.1) is 5.82 Å². The van der Waals surface area contributed by atoms with Crippen molar-refractivity contribution in [2.24, 2.45) is 0 Å². The van der Waals surface area contributed by atoms with Crippen molar-refractivity contribution in [1.29, 1.82) is 0 Å². The number of nitrogens with zero attached hydrogens (tertiary/aromatic N) is 2. The Labute approximate surface area is 141 Å². The number of pyridine rings is 1. The van der Waals surface area contributed by atoms with Crippen LogP contribution in [0.5, 0.6) is 0 Å². The zero-order chi connectivity index (χ0) is 16.7. The van der Waals surface area contributed by atoms with Crippen LogP contribution in [-0.4, -0.2) is 46.5 Å². The first-order valence-corrected chi connectivity index (χ1v) is 8.90. The average molecular weight is 329 g/mol. The maximum atomic E-state index is 13.3. The van der Waals surface area contributed by atoms with E-state index in [1.54, 1.807) is 12.1 Å². The van der Waals surface area contributed by atoms with Gasteiger partial charge in [-0.15, -0.1) is 0 Å². The molecule has 4 rings (SSSR count). The van der Waals surface area contributed by atoms with Gasteiger partial charge in [-0.3, -0.25) is 14.6 Å². The molecular formula is C19H24FN3O. The minimum Gasteiger partial charge on any atom is -0.357 e. The fraction of sp³-hybridized carbons (Fsp3) is 0.526. The summed E-state index contributed by atoms with van der Waals surface area (Å²) in [6.07, 6.45) is 3.98. The van der Waals surface area contributed by atoms with E-state index in [-0.39, 0.29) is 11.2 Å². The SMILES string of the molecule is CC1CCCCN1C1CN(Cc2cc(=O)c3cc(F)ccc3[nH]2)C1. The highest BCUT2D eigenvalue weighted by atomic mass is 19.1. The number of piperidine rings is 1. The van der Waals surface area contributed by atoms with Crippen molar-refractivity contribution in [3.63, 3.8) is 0 Å². The summed E-state index contributed by atoms with van der Waals surface area (Å²) < 4.78 is 13.3. The molecular weight excluding hydrogens is 305 g/mol. The number of rotatable bonds is 3. The molecule has 5 heteroatoms. The molecule has 1 aromatic carbocycles. The van der Waals surface area contributed by atoms with Crippen LogP contribution in [0.4, 0.5) is 4.39 Å². The lowest BCUT2D eigenvalue weighted by Crippen LogP contribution is -2.61. The fourth-order valence-corrected chi connectivity index (χ4v) is 4.14. The third kappa shape index (κ3) is 2.98. The quantitative estimate of drug-likeness (QED) is 0.941. The number of aromatic nitrogens is 1. The Morgan fingerprint density at radius 2 is 2.08 bits per heavy atom. The Morgan fingerprint density at radius 3 is 2.88 bits per heavy atom. The molecule has 1 N–H and O–H groups in total. The monoisotopic (exact) mass is 329 g/mol. The second-order valence-electron chi connectivity index (χ2n) is 7.28. The van der Waals surface area contributed by atoms with Gasteiger partial charge < -0.3 is 4.98 Å². The normalized spacial score (nSPS) is 23.5. The summed E-state index contributed by atoms with van der Waals surface area (Å²) >= 11 is 0. The first-order valence-electron chi connectivity index (χ1n) is 8.90. The number of nitrogens with one attached hydrogen (secondary N) is 1. The van der Waals surface area contributed by atoms with E-state index in [2.05, 4.69) is 21.7 Å². The van der Waals surface area contributed by atoms with E-state index in [4.69, 9.17) is 0 Å². The summed E-state index contributed by atoms with van der Waals surface area (Å²) in [5, 5.41) is 0.419. The van der Waals surface area contributed by atoms with Crippen molar-refractivity contribution < 1.29 is 4.39 Å². The van der Waals surface area contributed by atoms with Crippen molar-refractivity contribution in [2.45, 2.75) is 44.8 Å². The third-order valence-electron chi connectivity index (χ3n) is 5.50. The molecule has 1 aromatic heterocycles. The molecule has 0 spiro atoms. The topological polar surface area (TPSA) is 39.3 Å². The van der Waals surface area contributed by atoms with Gasteiger partial charge in [0.05, 0.1) is 0 Å². The van der Waals surface area contributed by atoms with Crippen LogP contribution in [0.1, 0.15) is 31.9 Å². The molecule has 4 nitrogen and oxygen atoms in total. The van der Waals surface area contributed by atoms with Gasteiger partial charge >= 0.3 is 0 Å². The molecule has 2 aromatic rings. The Balaban J connectivity index is 1.43. The van der Waals surface area contributed by atoms with Gasteiger partial charge in [-0.05, 0) is 44.5 Å². The average Bonchev–Trinajstić information content (AvgIpc) is 2.52. The van der Waals surface area contributed by atoms with E-state index in [0.717, 1.165) is 25.3 Å². The first kappa shape index (κ1) is 15.8. The molecule has 0 radical (unpaired) electrons. The molecule has 3 heterocycles. The zero-order valence-corrected chi connectivity index (χ0v) is 14.1. The van der Waals surface area contributed by atoms with Gasteiger partial charge in [0.1, 0.15) is 5.82 Å². The van der Waals surface area contributed by atoms with Crippen LogP contribution in [0.2, 0.25) is 0 Å². The van der Waals surface area contributed by atoms with Crippen LogP contribution >= 0.6 is 0 Å². The second kappa shape index (κ2) is 6.30. The summed E-state index contributed by atoms with van der Waals surface area (Å²) in [5.41, 5.74) is 1.50. The Kier molecular flexibility index (Phi) is 4.14. The Morgan fingerprint density at radius 1 is 1.25 bits per heavy atom. The van der Waals surface area contributed by atoms with Crippen LogP contribution in [-0.2, 0) is 6.54 Å². The van der Waals surface area contributed by atoms with Gasteiger partial charge in [-0.1, -0.05) is 6.42 Å². The zero-order valence-electron chi connectivity index (χ0n) is 14.1. The van der Waals surface area contributed by atoms with Gasteiger partial charge in [0.15, 0.2) is 5.43 Å². The predicted octanol–water partition coefficient (Wildman–Crippen LogP) is 2.73. The molecule has 0 aliphatic carbocycles. The van der Waals surface area contributed by atoms with Crippen molar-refractivity contribution in [3.05, 3.63) is 46.0 Å². The molecule has 0 amide bonds. The predicted molar refractivity (Wildman–Crippen MR) is 93.6 cm³/mol. The van der Waals surface area contributed by atoms with Crippen molar-refractivity contribution in [2.75, 3.05) is 19.6 Å². The minimum absolute atomic E-state index is 0.111. The number of fused-ring (bicyclic) bond motifs is 1. The molecule has 2 aliphatic heterocycles. The Hall–Kier alpha value is -1.72. The van der Waals surface area contributed by atoms with Gasteiger partial charge in [0, 0.05) is 54.4 Å². The van der Waals surface area contributed by atoms with E-state index >= 15 is 0 Å². The van der Waals surface area contributed by atoms with Crippen LogP contribution in [0.15, 0.2) is 29.1 Å². The molecule has 2 fully saturated rings. The molecule has 128 valence electrons. The lowest BCUT2D eigenvalue weighted by atomic mass is 9.97. The van der Waals surface area contributed by atoms with Gasteiger partial charge in [-0.2, -0.15) is 0 Å². The minimum atomic E-state index is -0.373. The molecule has 0 bridgehead atoms. The summed E-state index contributed by atoms with van der Waals surface area (Å²) in [6, 6.07) is 7.29. The number of benzene rings is 1. The lowest BCUT2D eigenvalue weighted by molar-refractivity contribution is -0.00670. The van der Waals surface area contributed by atoms with E-state index in [9.17, 15) is 9.18 Å². The van der Waals surface area contributed by atoms with E-state index in [0.29, 0.717) is 23.0 Å². The maximum Gasteiger partial charge on any atom is 0.189 e. The highest BCUT2D eigenvalue weighted by molar-refractivity contribution is 5.78. The number of aromatic amines is 1. The second-order valence-corrected chi connectivity index (χ2v) is 7.28. The highest BCUT2D eigenvalue weighted by Crippen LogP contribution is 2.25. The van der Waals surface area contributed by atoms with Gasteiger partial charge in [0.2, 0.25) is 0 Å². The fourth-order valence-electron chi connectivity index (χ4n) is 4.14. The van der Waals surface area contributed by atoms with Gasteiger partial charge in [0.25, 0.3) is 0 Å². The first-order chi connectivity index (χ1) is 11.6. The molecule has 1 atom stereocenters. The van der Waals surface area contributed by atoms with E-state index in [1.165, 1.54) is 37.9 Å². The van der Waals surface area contributed by atoms with E-state index < -0.39 is 0 Å². The van der Waals surface area contributed by atoms with E-state index in [1.807, 2.05) is 0 Å². The lowest BCUT2D eigenvalue weighted by Gasteiger charge is -2.49.